The fourth-order valence-corrected chi connectivity index (χ4v) is 10.8. The van der Waals surface area contributed by atoms with E-state index in [0.717, 1.165) is 71.4 Å². The molecule has 1 unspecified atom stereocenters. The number of anilines is 3. The molecule has 4 heterocycles. The number of carbonyl (C=O) groups is 1. The molecule has 332 valence electrons. The highest BCUT2D eigenvalue weighted by atomic mass is 32.2. The van der Waals surface area contributed by atoms with Gasteiger partial charge in [0.2, 0.25) is 0 Å². The summed E-state index contributed by atoms with van der Waals surface area (Å²) in [7, 11) is -6.61. The smallest absolute Gasteiger partial charge is 0.317 e. The Balaban J connectivity index is 0.000000171. The zero-order chi connectivity index (χ0) is 43.1. The number of benzene rings is 3. The summed E-state index contributed by atoms with van der Waals surface area (Å²) in [6.07, 6.45) is 5.14. The maximum absolute atomic E-state index is 12.0. The Bertz CT molecular complexity index is 1930. The van der Waals surface area contributed by atoms with E-state index in [-0.39, 0.29) is 6.03 Å². The van der Waals surface area contributed by atoms with Gasteiger partial charge in [0.05, 0.1) is 0 Å². The molecular formula is C44H69N9O5S2. The van der Waals surface area contributed by atoms with Gasteiger partial charge in [-0.1, -0.05) is 68.4 Å². The first-order chi connectivity index (χ1) is 28.9. The van der Waals surface area contributed by atoms with Crippen LogP contribution in [0.4, 0.5) is 21.9 Å². The standard InChI is InChI=1S/C16H25N3O.C14H21N3O2S.C14H23N3O2S/c1-4-18(5-2)16(20)17-12-13(3)19-11-10-14-8-6-7-9-15(14)19;18-20(19,17-9-3-4-10-17)15-8-12-16-11-7-13-5-1-2-6-14(13)16;1-3-17(4-2)20(18,19)15-10-12-16-11-9-13-7-5-6-8-14(13)16/h6-9,13H,4-5,10-12H2,1-3H3,(H,17,20);1-2,5-6,15H,3-4,7-12H2;5-8,15H,3-4,9-12H2,1-2H3. The van der Waals surface area contributed by atoms with E-state index >= 15 is 0 Å². The van der Waals surface area contributed by atoms with Crippen LogP contribution in [0.5, 0.6) is 0 Å². The van der Waals surface area contributed by atoms with Crippen molar-refractivity contribution in [2.75, 3.05) is 106 Å². The molecular weight excluding hydrogens is 799 g/mol. The highest BCUT2D eigenvalue weighted by molar-refractivity contribution is 7.87. The van der Waals surface area contributed by atoms with Crippen LogP contribution in [0.3, 0.4) is 0 Å². The topological polar surface area (TPSA) is 141 Å². The van der Waals surface area contributed by atoms with E-state index in [1.54, 1.807) is 4.31 Å². The molecule has 4 aliphatic rings. The summed E-state index contributed by atoms with van der Waals surface area (Å²) >= 11 is 0. The lowest BCUT2D eigenvalue weighted by Gasteiger charge is -2.28. The van der Waals surface area contributed by atoms with Gasteiger partial charge in [-0.25, -0.2) is 14.2 Å². The number of hydrogen-bond acceptors (Lipinski definition) is 8. The predicted octanol–water partition coefficient (Wildman–Crippen LogP) is 4.69. The van der Waals surface area contributed by atoms with Crippen LogP contribution in [0.1, 0.15) is 64.2 Å². The molecule has 0 radical (unpaired) electrons. The number of para-hydroxylation sites is 3. The second kappa shape index (κ2) is 22.8. The lowest BCUT2D eigenvalue weighted by atomic mass is 10.2. The van der Waals surface area contributed by atoms with Crippen molar-refractivity contribution in [3.05, 3.63) is 89.5 Å². The van der Waals surface area contributed by atoms with Crippen LogP contribution in [-0.4, -0.2) is 134 Å². The summed E-state index contributed by atoms with van der Waals surface area (Å²) in [5.41, 5.74) is 7.91. The predicted molar refractivity (Wildman–Crippen MR) is 246 cm³/mol. The molecule has 60 heavy (non-hydrogen) atoms. The number of carbonyl (C=O) groups excluding carboxylic acids is 1. The highest BCUT2D eigenvalue weighted by Crippen LogP contribution is 2.30. The average Bonchev–Trinajstić information content (AvgIpc) is 4.09. The van der Waals surface area contributed by atoms with Gasteiger partial charge in [0.25, 0.3) is 20.4 Å². The van der Waals surface area contributed by atoms with Crippen molar-refractivity contribution in [1.82, 2.24) is 28.3 Å². The molecule has 3 aromatic rings. The van der Waals surface area contributed by atoms with Crippen LogP contribution in [0.2, 0.25) is 0 Å². The van der Waals surface area contributed by atoms with Crippen molar-refractivity contribution >= 4 is 43.5 Å². The Morgan fingerprint density at radius 1 is 0.633 bits per heavy atom. The molecule has 0 aromatic heterocycles. The van der Waals surface area contributed by atoms with Crippen LogP contribution < -0.4 is 29.5 Å². The summed E-state index contributed by atoms with van der Waals surface area (Å²) in [4.78, 5) is 20.7. The van der Waals surface area contributed by atoms with E-state index in [2.05, 4.69) is 91.0 Å². The summed E-state index contributed by atoms with van der Waals surface area (Å²) in [5, 5.41) is 3.04. The third kappa shape index (κ3) is 12.6. The molecule has 3 N–H and O–H groups in total. The number of hydrogen-bond donors (Lipinski definition) is 3. The van der Waals surface area contributed by atoms with Crippen molar-refractivity contribution in [3.63, 3.8) is 0 Å². The minimum Gasteiger partial charge on any atom is -0.370 e. The fourth-order valence-electron chi connectivity index (χ4n) is 8.36. The first kappa shape index (κ1) is 47.1. The Hall–Kier alpha value is -3.93. The molecule has 0 spiro atoms. The van der Waals surface area contributed by atoms with Crippen molar-refractivity contribution in [2.24, 2.45) is 0 Å². The van der Waals surface area contributed by atoms with Crippen LogP contribution in [0.15, 0.2) is 72.8 Å². The third-order valence-electron chi connectivity index (χ3n) is 11.8. The largest absolute Gasteiger partial charge is 0.370 e. The van der Waals surface area contributed by atoms with E-state index in [0.29, 0.717) is 58.4 Å². The number of urea groups is 1. The molecule has 14 nitrogen and oxygen atoms in total. The van der Waals surface area contributed by atoms with Gasteiger partial charge in [-0.05, 0) is 87.8 Å². The molecule has 3 aromatic carbocycles. The minimum absolute atomic E-state index is 0.0364. The van der Waals surface area contributed by atoms with E-state index < -0.39 is 20.4 Å². The fraction of sp³-hybridized carbons (Fsp3) is 0.568. The molecule has 2 amide bonds. The molecule has 16 heteroatoms. The lowest BCUT2D eigenvalue weighted by Crippen LogP contribution is -2.46. The zero-order valence-electron chi connectivity index (χ0n) is 36.5. The quantitative estimate of drug-likeness (QED) is 0.178. The van der Waals surface area contributed by atoms with Crippen molar-refractivity contribution in [3.8, 4) is 0 Å². The molecule has 1 atom stereocenters. The monoisotopic (exact) mass is 867 g/mol. The van der Waals surface area contributed by atoms with Gasteiger partial charge in [0, 0.05) is 115 Å². The lowest BCUT2D eigenvalue weighted by molar-refractivity contribution is 0.202. The second-order valence-electron chi connectivity index (χ2n) is 15.5. The number of amides is 2. The minimum atomic E-state index is -3.33. The summed E-state index contributed by atoms with van der Waals surface area (Å²) in [6, 6.07) is 25.5. The number of rotatable bonds is 17. The Labute approximate surface area is 360 Å². The van der Waals surface area contributed by atoms with E-state index in [1.807, 2.05) is 50.8 Å². The van der Waals surface area contributed by atoms with E-state index in [1.165, 1.54) is 38.1 Å². The molecule has 0 saturated carbocycles. The first-order valence-electron chi connectivity index (χ1n) is 21.9. The van der Waals surface area contributed by atoms with E-state index in [9.17, 15) is 21.6 Å². The second-order valence-corrected chi connectivity index (χ2v) is 19.0. The Morgan fingerprint density at radius 3 is 1.62 bits per heavy atom. The molecule has 1 fully saturated rings. The molecule has 1 saturated heterocycles. The zero-order valence-corrected chi connectivity index (χ0v) is 38.1. The van der Waals surface area contributed by atoms with Gasteiger partial charge < -0.3 is 24.9 Å². The molecule has 7 rings (SSSR count). The Kier molecular flexibility index (Phi) is 17.9. The highest BCUT2D eigenvalue weighted by Gasteiger charge is 2.26. The van der Waals surface area contributed by atoms with Crippen molar-refractivity contribution < 1.29 is 21.6 Å². The molecule has 0 aliphatic carbocycles. The van der Waals surface area contributed by atoms with Gasteiger partial charge in [-0.2, -0.15) is 25.4 Å². The van der Waals surface area contributed by atoms with Crippen LogP contribution in [-0.2, 0) is 39.7 Å². The first-order valence-corrected chi connectivity index (χ1v) is 24.8. The van der Waals surface area contributed by atoms with Crippen LogP contribution in [0, 0.1) is 0 Å². The Morgan fingerprint density at radius 2 is 1.10 bits per heavy atom. The third-order valence-corrected chi connectivity index (χ3v) is 15.2. The SMILES string of the molecule is CCN(CC)C(=O)NCC(C)N1CCc2ccccc21.CCN(CC)S(=O)(=O)NCCN1CCc2ccccc21.O=S(=O)(NCCN1CCc2ccccc21)N1CCCC1. The average molecular weight is 868 g/mol. The van der Waals surface area contributed by atoms with Gasteiger partial charge in [-0.3, -0.25) is 0 Å². The van der Waals surface area contributed by atoms with Crippen molar-refractivity contribution in [1.29, 1.82) is 0 Å². The summed E-state index contributed by atoms with van der Waals surface area (Å²) < 4.78 is 56.5. The maximum Gasteiger partial charge on any atom is 0.317 e. The number of nitrogens with one attached hydrogen (secondary N) is 3. The summed E-state index contributed by atoms with van der Waals surface area (Å²) in [5.74, 6) is 0. The van der Waals surface area contributed by atoms with Gasteiger partial charge in [0.1, 0.15) is 0 Å². The van der Waals surface area contributed by atoms with Gasteiger partial charge in [-0.15, -0.1) is 0 Å². The van der Waals surface area contributed by atoms with E-state index in [4.69, 9.17) is 0 Å². The van der Waals surface area contributed by atoms with Gasteiger partial charge >= 0.3 is 6.03 Å². The normalized spacial score (nSPS) is 16.4. The van der Waals surface area contributed by atoms with Gasteiger partial charge in [0.15, 0.2) is 0 Å². The maximum atomic E-state index is 12.0. The summed E-state index contributed by atoms with van der Waals surface area (Å²) in [6.45, 7) is 19.7. The van der Waals surface area contributed by atoms with Crippen LogP contribution >= 0.6 is 0 Å². The molecule has 4 aliphatic heterocycles. The number of nitrogens with zero attached hydrogens (tertiary/aromatic N) is 6. The molecule has 0 bridgehead atoms. The van der Waals surface area contributed by atoms with Crippen LogP contribution in [0.25, 0.3) is 0 Å². The number of fused-ring (bicyclic) bond motifs is 3. The van der Waals surface area contributed by atoms with Crippen molar-refractivity contribution in [2.45, 2.75) is 72.8 Å².